The molecule has 18 heteroatoms. The minimum atomic E-state index is -1.92. The van der Waals surface area contributed by atoms with E-state index in [2.05, 4.69) is 54.5 Å². The van der Waals surface area contributed by atoms with Crippen molar-refractivity contribution in [2.24, 2.45) is 56.7 Å². The lowest BCUT2D eigenvalue weighted by Gasteiger charge is -2.71. The van der Waals surface area contributed by atoms with E-state index in [0.29, 0.717) is 25.2 Å². The molecule has 0 aromatic heterocycles. The van der Waals surface area contributed by atoms with Gasteiger partial charge in [-0.05, 0) is 109 Å². The number of carboxylic acids is 1. The highest BCUT2D eigenvalue weighted by atomic mass is 16.8. The fourth-order valence-corrected chi connectivity index (χ4v) is 15.0. The number of rotatable bonds is 8. The molecule has 0 aromatic rings. The highest BCUT2D eigenvalue weighted by Gasteiger charge is 2.70. The van der Waals surface area contributed by atoms with Gasteiger partial charge in [-0.15, -0.1) is 0 Å². The Bertz CT molecular complexity index is 1810. The first kappa shape index (κ1) is 49.5. The van der Waals surface area contributed by atoms with E-state index in [9.17, 15) is 60.7 Å². The number of carbonyl (C=O) groups is 2. The van der Waals surface area contributed by atoms with Gasteiger partial charge < -0.3 is 79.5 Å². The molecule has 24 atom stereocenters. The molecular formula is C47H74O18. The maximum absolute atomic E-state index is 14.7. The molecule has 7 fully saturated rings. The van der Waals surface area contributed by atoms with Crippen LogP contribution in [0.4, 0.5) is 0 Å². The van der Waals surface area contributed by atoms with E-state index in [4.69, 9.17) is 28.4 Å². The maximum Gasteiger partial charge on any atom is 0.335 e. The van der Waals surface area contributed by atoms with E-state index in [-0.39, 0.29) is 46.5 Å². The molecule has 8 rings (SSSR count). The fraction of sp³-hybridized carbons (Fsp3) is 0.915. The molecule has 65 heavy (non-hydrogen) atoms. The Labute approximate surface area is 380 Å². The Morgan fingerprint density at radius 2 is 1.42 bits per heavy atom. The van der Waals surface area contributed by atoms with Crippen LogP contribution in [0.3, 0.4) is 0 Å². The number of hydrogen-bond donors (Lipinski definition) is 10. The Hall–Kier alpha value is -1.88. The zero-order valence-corrected chi connectivity index (χ0v) is 38.6. The first-order valence-electron chi connectivity index (χ1n) is 23.8. The van der Waals surface area contributed by atoms with E-state index >= 15 is 0 Å². The van der Waals surface area contributed by atoms with E-state index in [1.165, 1.54) is 5.57 Å². The molecule has 5 aliphatic carbocycles. The zero-order valence-electron chi connectivity index (χ0n) is 38.6. The van der Waals surface area contributed by atoms with Crippen molar-refractivity contribution < 1.29 is 89.1 Å². The van der Waals surface area contributed by atoms with Crippen LogP contribution in [-0.2, 0) is 38.0 Å². The molecule has 3 saturated heterocycles. The van der Waals surface area contributed by atoms with E-state index in [1.807, 2.05) is 0 Å². The second-order valence-corrected chi connectivity index (χ2v) is 22.5. The van der Waals surface area contributed by atoms with Crippen molar-refractivity contribution in [3.05, 3.63) is 11.6 Å². The second-order valence-electron chi connectivity index (χ2n) is 22.5. The molecule has 0 amide bonds. The van der Waals surface area contributed by atoms with Crippen LogP contribution in [0.1, 0.15) is 106 Å². The van der Waals surface area contributed by atoms with Crippen LogP contribution in [0.5, 0.6) is 0 Å². The number of fused-ring (bicyclic) bond motifs is 7. The average Bonchev–Trinajstić information content (AvgIpc) is 3.25. The summed E-state index contributed by atoms with van der Waals surface area (Å²) >= 11 is 0. The van der Waals surface area contributed by atoms with Crippen molar-refractivity contribution >= 4 is 11.9 Å². The number of allylic oxidation sites excluding steroid dienone is 2. The predicted molar refractivity (Wildman–Crippen MR) is 225 cm³/mol. The molecular weight excluding hydrogens is 852 g/mol. The molecule has 0 unspecified atom stereocenters. The van der Waals surface area contributed by atoms with Gasteiger partial charge in [-0.25, -0.2) is 4.79 Å². The summed E-state index contributed by atoms with van der Waals surface area (Å²) in [6, 6.07) is 0. The first-order valence-corrected chi connectivity index (χ1v) is 23.8. The molecule has 0 radical (unpaired) electrons. The van der Waals surface area contributed by atoms with Gasteiger partial charge in [0.1, 0.15) is 61.0 Å². The third-order valence-electron chi connectivity index (χ3n) is 19.2. The molecule has 0 spiro atoms. The van der Waals surface area contributed by atoms with Crippen molar-refractivity contribution in [1.82, 2.24) is 0 Å². The van der Waals surface area contributed by atoms with Crippen LogP contribution >= 0.6 is 0 Å². The molecule has 3 heterocycles. The Morgan fingerprint density at radius 3 is 2.09 bits per heavy atom. The Balaban J connectivity index is 1.05. The lowest BCUT2D eigenvalue weighted by Crippen LogP contribution is -2.67. The summed E-state index contributed by atoms with van der Waals surface area (Å²) in [5, 5.41) is 105. The number of aliphatic hydroxyl groups is 9. The Morgan fingerprint density at radius 1 is 0.723 bits per heavy atom. The van der Waals surface area contributed by atoms with Crippen molar-refractivity contribution in [2.45, 2.75) is 198 Å². The number of carboxylic acid groups (broad SMARTS) is 1. The molecule has 3 aliphatic heterocycles. The van der Waals surface area contributed by atoms with Gasteiger partial charge in [0.25, 0.3) is 0 Å². The minimum Gasteiger partial charge on any atom is -0.479 e. The van der Waals surface area contributed by atoms with E-state index in [1.54, 1.807) is 0 Å². The van der Waals surface area contributed by atoms with Crippen molar-refractivity contribution in [1.29, 1.82) is 0 Å². The summed E-state index contributed by atoms with van der Waals surface area (Å²) in [5.41, 5.74) is -0.830. The molecule has 0 aromatic carbocycles. The van der Waals surface area contributed by atoms with Gasteiger partial charge in [0, 0.05) is 0 Å². The van der Waals surface area contributed by atoms with E-state index in [0.717, 1.165) is 38.5 Å². The highest BCUT2D eigenvalue weighted by molar-refractivity contribution is 5.79. The molecule has 18 nitrogen and oxygen atoms in total. The summed E-state index contributed by atoms with van der Waals surface area (Å²) < 4.78 is 35.6. The van der Waals surface area contributed by atoms with Gasteiger partial charge in [-0.3, -0.25) is 4.79 Å². The molecule has 370 valence electrons. The van der Waals surface area contributed by atoms with Crippen molar-refractivity contribution in [2.75, 3.05) is 13.2 Å². The second kappa shape index (κ2) is 17.5. The van der Waals surface area contributed by atoms with Gasteiger partial charge in [0.2, 0.25) is 6.29 Å². The normalized spacial score (nSPS) is 54.2. The number of carbonyl (C=O) groups excluding carboxylic acids is 1. The van der Waals surface area contributed by atoms with Gasteiger partial charge in [0.15, 0.2) is 18.7 Å². The predicted octanol–water partition coefficient (Wildman–Crippen LogP) is 0.728. The van der Waals surface area contributed by atoms with E-state index < -0.39 is 121 Å². The molecule has 8 aliphatic rings. The molecule has 4 saturated carbocycles. The van der Waals surface area contributed by atoms with Crippen molar-refractivity contribution in [3.63, 3.8) is 0 Å². The summed E-state index contributed by atoms with van der Waals surface area (Å²) in [7, 11) is 0. The quantitative estimate of drug-likeness (QED) is 0.0912. The van der Waals surface area contributed by atoms with Gasteiger partial charge in [-0.2, -0.15) is 0 Å². The lowest BCUT2D eigenvalue weighted by molar-refractivity contribution is -0.366. The number of esters is 1. The molecule has 0 bridgehead atoms. The smallest absolute Gasteiger partial charge is 0.335 e. The number of aliphatic hydroxyl groups excluding tert-OH is 9. The monoisotopic (exact) mass is 926 g/mol. The van der Waals surface area contributed by atoms with Crippen LogP contribution in [0.15, 0.2) is 11.6 Å². The summed E-state index contributed by atoms with van der Waals surface area (Å²) in [4.78, 5) is 26.9. The van der Waals surface area contributed by atoms with Crippen LogP contribution in [-0.4, -0.2) is 168 Å². The maximum atomic E-state index is 14.7. The zero-order chi connectivity index (χ0) is 47.5. The largest absolute Gasteiger partial charge is 0.479 e. The minimum absolute atomic E-state index is 0.115. The molecule has 10 N–H and O–H groups in total. The van der Waals surface area contributed by atoms with Gasteiger partial charge in [0.05, 0.1) is 24.7 Å². The lowest BCUT2D eigenvalue weighted by atomic mass is 9.33. The van der Waals surface area contributed by atoms with Crippen molar-refractivity contribution in [3.8, 4) is 0 Å². The summed E-state index contributed by atoms with van der Waals surface area (Å²) in [5.74, 6) is -1.39. The van der Waals surface area contributed by atoms with Crippen LogP contribution in [0, 0.1) is 56.7 Å². The summed E-state index contributed by atoms with van der Waals surface area (Å²) in [6.45, 7) is 14.9. The van der Waals surface area contributed by atoms with Gasteiger partial charge >= 0.3 is 11.9 Å². The van der Waals surface area contributed by atoms with Crippen LogP contribution in [0.2, 0.25) is 0 Å². The highest BCUT2D eigenvalue weighted by Crippen LogP contribution is 2.76. The third-order valence-corrected chi connectivity index (χ3v) is 19.2. The number of aliphatic carboxylic acids is 1. The van der Waals surface area contributed by atoms with Gasteiger partial charge in [-0.1, -0.05) is 60.1 Å². The average molecular weight is 927 g/mol. The SMILES string of the molecule is C[C@H]1[C@H](C)CC[C@]2(C(=O)O[C@@H]3O[C@H](CO)[C@@H](O)[C@H](O)[C@H]3O)CC[C@]3(C)C(=CC[C@@H]4[C@@]5(C)CC[C@H](O[C@@H]6O[C@H](C(=O)O)[C@@H](O)[C@H](O)[C@H]6O[C@@H]6OC[C@H](O)[C@H](O)[C@H]6O)C(C)(C)[C@@H]5CC[C@]43C)[C@H]12. The third kappa shape index (κ3) is 7.58. The standard InChI is InChI=1S/C47H74O18/c1-20-10-15-47(42(59)65-40-35(56)31(52)30(51)24(18-48)61-40)17-16-45(6)22(28(47)21(20)2)8-9-26-44(5)13-12-27(43(3,4)25(44)11-14-46(26,45)7)62-41-37(33(54)32(53)36(63-41)38(57)58)64-39-34(55)29(50)23(49)19-60-39/h8,20-21,23-37,39-41,48-56H,9-19H2,1-7H3,(H,57,58)/t20-,21+,23+,24-,25+,26-,27+,28+,29+,30-,31+,32+,33+,34-,35-,36+,37-,39+,40+,41-,44+,45-,46-,47+/m1/s1. The summed E-state index contributed by atoms with van der Waals surface area (Å²) in [6.07, 6.45) is -14.4. The Kier molecular flexibility index (Phi) is 13.3. The first-order chi connectivity index (χ1) is 30.4. The topological polar surface area (TPSA) is 292 Å². The fourth-order valence-electron chi connectivity index (χ4n) is 15.0. The van der Waals surface area contributed by atoms with Crippen LogP contribution in [0.25, 0.3) is 0 Å². The van der Waals surface area contributed by atoms with Crippen LogP contribution < -0.4 is 0 Å². The number of ether oxygens (including phenoxy) is 6. The number of hydrogen-bond acceptors (Lipinski definition) is 17.